The summed E-state index contributed by atoms with van der Waals surface area (Å²) < 4.78 is 5.28. The Bertz CT molecular complexity index is 656. The zero-order valence-corrected chi connectivity index (χ0v) is 14.1. The van der Waals surface area contributed by atoms with Crippen LogP contribution in [0.3, 0.4) is 0 Å². The molecule has 0 aliphatic heterocycles. The number of phenols is 1. The molecule has 0 spiro atoms. The number of phenolic OH excluding ortho intramolecular Hbond substituents is 1. The number of benzene rings is 2. The average Bonchev–Trinajstić information content (AvgIpc) is 2.56. The summed E-state index contributed by atoms with van der Waals surface area (Å²) in [4.78, 5) is 11.4. The van der Waals surface area contributed by atoms with Crippen molar-refractivity contribution in [3.63, 3.8) is 0 Å². The number of carbonyl (C=O) groups excluding carboxylic acids is 1. The lowest BCUT2D eigenvalue weighted by Crippen LogP contribution is -2.14. The van der Waals surface area contributed by atoms with Crippen molar-refractivity contribution in [1.82, 2.24) is 0 Å². The topological polar surface area (TPSA) is 46.5 Å². The zero-order chi connectivity index (χ0) is 17.4. The van der Waals surface area contributed by atoms with Crippen LogP contribution >= 0.6 is 0 Å². The van der Waals surface area contributed by atoms with Crippen molar-refractivity contribution in [3.05, 3.63) is 66.7 Å². The molecule has 0 saturated carbocycles. The molecule has 24 heavy (non-hydrogen) atoms. The first-order valence-corrected chi connectivity index (χ1v) is 8.27. The fourth-order valence-electron chi connectivity index (χ4n) is 2.56. The van der Waals surface area contributed by atoms with Crippen LogP contribution in [-0.2, 0) is 16.0 Å². The van der Waals surface area contributed by atoms with Gasteiger partial charge in [-0.25, -0.2) is 0 Å². The summed E-state index contributed by atoms with van der Waals surface area (Å²) in [6.45, 7) is 5.46. The quantitative estimate of drug-likeness (QED) is 0.555. The third kappa shape index (κ3) is 5.58. The summed E-state index contributed by atoms with van der Waals surface area (Å²) in [6.07, 6.45) is 4.55. The van der Waals surface area contributed by atoms with Gasteiger partial charge in [-0.05, 0) is 55.0 Å². The van der Waals surface area contributed by atoms with Crippen LogP contribution in [0.15, 0.2) is 61.2 Å². The highest BCUT2D eigenvalue weighted by atomic mass is 16.5. The number of hydrogen-bond acceptors (Lipinski definition) is 3. The molecule has 0 radical (unpaired) electrons. The molecule has 1 N–H and O–H groups in total. The molecule has 0 aromatic heterocycles. The van der Waals surface area contributed by atoms with Gasteiger partial charge in [-0.1, -0.05) is 42.5 Å². The first-order valence-electron chi connectivity index (χ1n) is 8.27. The highest BCUT2D eigenvalue weighted by molar-refractivity contribution is 5.71. The minimum Gasteiger partial charge on any atom is -0.508 e. The second-order valence-corrected chi connectivity index (χ2v) is 5.93. The van der Waals surface area contributed by atoms with E-state index in [0.29, 0.717) is 0 Å². The van der Waals surface area contributed by atoms with E-state index in [1.165, 1.54) is 5.56 Å². The molecule has 0 heterocycles. The van der Waals surface area contributed by atoms with E-state index in [2.05, 4.69) is 30.8 Å². The van der Waals surface area contributed by atoms with Gasteiger partial charge in [-0.3, -0.25) is 4.79 Å². The van der Waals surface area contributed by atoms with Gasteiger partial charge in [0, 0.05) is 0 Å². The Morgan fingerprint density at radius 2 is 1.71 bits per heavy atom. The SMILES string of the molecule is C=CCC(=O)OC(C)CCCc1ccc(-c2ccc(O)cc2)cc1. The third-order valence-electron chi connectivity index (χ3n) is 3.87. The van der Waals surface area contributed by atoms with Crippen LogP contribution < -0.4 is 0 Å². The van der Waals surface area contributed by atoms with Crippen LogP contribution in [0.25, 0.3) is 11.1 Å². The first-order chi connectivity index (χ1) is 11.6. The van der Waals surface area contributed by atoms with E-state index >= 15 is 0 Å². The Kier molecular flexibility index (Phi) is 6.62. The molecule has 0 fully saturated rings. The van der Waals surface area contributed by atoms with Crippen LogP contribution in [-0.4, -0.2) is 17.2 Å². The summed E-state index contributed by atoms with van der Waals surface area (Å²) in [7, 11) is 0. The third-order valence-corrected chi connectivity index (χ3v) is 3.87. The lowest BCUT2D eigenvalue weighted by molar-refractivity contribution is -0.147. The van der Waals surface area contributed by atoms with E-state index < -0.39 is 0 Å². The molecule has 1 unspecified atom stereocenters. The second-order valence-electron chi connectivity index (χ2n) is 5.93. The monoisotopic (exact) mass is 324 g/mol. The minimum absolute atomic E-state index is 0.0614. The maximum Gasteiger partial charge on any atom is 0.309 e. The van der Waals surface area contributed by atoms with Gasteiger partial charge in [0.25, 0.3) is 0 Å². The van der Waals surface area contributed by atoms with Gasteiger partial charge < -0.3 is 9.84 Å². The van der Waals surface area contributed by atoms with Crippen LogP contribution in [0.5, 0.6) is 5.75 Å². The maximum absolute atomic E-state index is 11.4. The number of carbonyl (C=O) groups is 1. The predicted octanol–water partition coefficient (Wildman–Crippen LogP) is 4.89. The summed E-state index contributed by atoms with van der Waals surface area (Å²) in [6, 6.07) is 15.6. The number of esters is 1. The molecule has 2 aromatic rings. The average molecular weight is 324 g/mol. The van der Waals surface area contributed by atoms with Gasteiger partial charge in [-0.15, -0.1) is 6.58 Å². The Morgan fingerprint density at radius 1 is 1.12 bits per heavy atom. The molecular weight excluding hydrogens is 300 g/mol. The van der Waals surface area contributed by atoms with E-state index in [0.717, 1.165) is 30.4 Å². The van der Waals surface area contributed by atoms with Crippen molar-refractivity contribution in [2.75, 3.05) is 0 Å². The molecule has 3 nitrogen and oxygen atoms in total. The van der Waals surface area contributed by atoms with Gasteiger partial charge in [0.2, 0.25) is 0 Å². The number of ether oxygens (including phenoxy) is 1. The van der Waals surface area contributed by atoms with E-state index in [9.17, 15) is 9.90 Å². The molecule has 126 valence electrons. The molecule has 0 bridgehead atoms. The molecule has 1 atom stereocenters. The largest absolute Gasteiger partial charge is 0.508 e. The lowest BCUT2D eigenvalue weighted by Gasteiger charge is -2.12. The van der Waals surface area contributed by atoms with Crippen molar-refractivity contribution < 1.29 is 14.6 Å². The van der Waals surface area contributed by atoms with Crippen LogP contribution in [0, 0.1) is 0 Å². The Morgan fingerprint density at radius 3 is 2.29 bits per heavy atom. The lowest BCUT2D eigenvalue weighted by atomic mass is 10.0. The smallest absolute Gasteiger partial charge is 0.309 e. The van der Waals surface area contributed by atoms with Crippen LogP contribution in [0.1, 0.15) is 31.7 Å². The first kappa shape index (κ1) is 17.8. The van der Waals surface area contributed by atoms with E-state index in [1.807, 2.05) is 19.1 Å². The van der Waals surface area contributed by atoms with Gasteiger partial charge in [0.15, 0.2) is 0 Å². The molecule has 2 aromatic carbocycles. The summed E-state index contributed by atoms with van der Waals surface area (Å²) >= 11 is 0. The van der Waals surface area contributed by atoms with Crippen LogP contribution in [0.2, 0.25) is 0 Å². The van der Waals surface area contributed by atoms with Gasteiger partial charge >= 0.3 is 5.97 Å². The molecule has 3 heteroatoms. The number of aryl methyl sites for hydroxylation is 1. The van der Waals surface area contributed by atoms with Gasteiger partial charge in [0.05, 0.1) is 12.5 Å². The summed E-state index contributed by atoms with van der Waals surface area (Å²) in [5, 5.41) is 9.34. The van der Waals surface area contributed by atoms with Crippen molar-refractivity contribution in [2.24, 2.45) is 0 Å². The van der Waals surface area contributed by atoms with Crippen molar-refractivity contribution in [2.45, 2.75) is 38.7 Å². The van der Waals surface area contributed by atoms with Crippen molar-refractivity contribution >= 4 is 5.97 Å². The van der Waals surface area contributed by atoms with Crippen molar-refractivity contribution in [1.29, 1.82) is 0 Å². The fraction of sp³-hybridized carbons (Fsp3) is 0.286. The molecule has 0 aliphatic rings. The van der Waals surface area contributed by atoms with Crippen LogP contribution in [0.4, 0.5) is 0 Å². The second kappa shape index (κ2) is 8.92. The zero-order valence-electron chi connectivity index (χ0n) is 14.1. The number of aromatic hydroxyl groups is 1. The van der Waals surface area contributed by atoms with E-state index in [-0.39, 0.29) is 24.2 Å². The summed E-state index contributed by atoms with van der Waals surface area (Å²) in [5.41, 5.74) is 3.48. The molecule has 2 rings (SSSR count). The van der Waals surface area contributed by atoms with E-state index in [4.69, 9.17) is 4.74 Å². The molecular formula is C21H24O3. The molecule has 0 amide bonds. The van der Waals surface area contributed by atoms with Gasteiger partial charge in [-0.2, -0.15) is 0 Å². The maximum atomic E-state index is 11.4. The number of rotatable bonds is 8. The van der Waals surface area contributed by atoms with Crippen molar-refractivity contribution in [3.8, 4) is 16.9 Å². The predicted molar refractivity (Wildman–Crippen MR) is 96.8 cm³/mol. The highest BCUT2D eigenvalue weighted by Crippen LogP contribution is 2.22. The normalized spacial score (nSPS) is 11.7. The molecule has 0 saturated heterocycles. The van der Waals surface area contributed by atoms with E-state index in [1.54, 1.807) is 18.2 Å². The fourth-order valence-corrected chi connectivity index (χ4v) is 2.56. The van der Waals surface area contributed by atoms with Gasteiger partial charge in [0.1, 0.15) is 5.75 Å². The Balaban J connectivity index is 1.80. The number of hydrogen-bond donors (Lipinski definition) is 1. The standard InChI is InChI=1S/C21H24O3/c1-3-5-21(23)24-16(2)6-4-7-17-8-10-18(11-9-17)19-12-14-20(22)15-13-19/h3,8-16,22H,1,4-7H2,2H3. The Labute approximate surface area is 143 Å². The highest BCUT2D eigenvalue weighted by Gasteiger charge is 2.08. The molecule has 0 aliphatic carbocycles. The Hall–Kier alpha value is -2.55. The minimum atomic E-state index is -0.212. The summed E-state index contributed by atoms with van der Waals surface area (Å²) in [5.74, 6) is 0.0639.